The summed E-state index contributed by atoms with van der Waals surface area (Å²) in [6, 6.07) is 8.53. The molecule has 3 nitrogen and oxygen atoms in total. The molecule has 0 aliphatic carbocycles. The summed E-state index contributed by atoms with van der Waals surface area (Å²) in [5.74, 6) is 1.75. The second-order valence-corrected chi connectivity index (χ2v) is 6.78. The van der Waals surface area contributed by atoms with Gasteiger partial charge in [-0.25, -0.2) is 0 Å². The molecule has 1 aromatic rings. The minimum absolute atomic E-state index is 0.236. The fourth-order valence-corrected chi connectivity index (χ4v) is 2.89. The zero-order valence-corrected chi connectivity index (χ0v) is 14.0. The molecule has 0 unspecified atom stereocenters. The van der Waals surface area contributed by atoms with Gasteiger partial charge in [-0.3, -0.25) is 4.90 Å². The van der Waals surface area contributed by atoms with Crippen molar-refractivity contribution in [1.82, 2.24) is 9.80 Å². The van der Waals surface area contributed by atoms with E-state index in [-0.39, 0.29) is 6.10 Å². The van der Waals surface area contributed by atoms with Gasteiger partial charge >= 0.3 is 0 Å². The Labute approximate surface area is 129 Å². The van der Waals surface area contributed by atoms with E-state index in [0.29, 0.717) is 0 Å². The van der Waals surface area contributed by atoms with E-state index in [0.717, 1.165) is 18.2 Å². The maximum atomic E-state index is 5.78. The number of ether oxygens (including phenoxy) is 1. The Morgan fingerprint density at radius 3 is 2.29 bits per heavy atom. The molecule has 1 aliphatic heterocycles. The van der Waals surface area contributed by atoms with Crippen molar-refractivity contribution in [2.75, 3.05) is 32.7 Å². The van der Waals surface area contributed by atoms with E-state index in [1.807, 2.05) is 6.07 Å². The van der Waals surface area contributed by atoms with Gasteiger partial charge in [-0.1, -0.05) is 26.0 Å². The average molecular weight is 290 g/mol. The van der Waals surface area contributed by atoms with Crippen molar-refractivity contribution in [3.05, 3.63) is 29.8 Å². The normalized spacial score (nSPS) is 17.6. The van der Waals surface area contributed by atoms with Crippen LogP contribution in [0.2, 0.25) is 0 Å². The molecule has 1 saturated heterocycles. The molecule has 0 amide bonds. The quantitative estimate of drug-likeness (QED) is 0.800. The van der Waals surface area contributed by atoms with Crippen LogP contribution in [-0.2, 0) is 6.54 Å². The molecule has 2 rings (SSSR count). The van der Waals surface area contributed by atoms with E-state index in [1.54, 1.807) is 0 Å². The van der Waals surface area contributed by atoms with Gasteiger partial charge in [0.1, 0.15) is 5.75 Å². The third kappa shape index (κ3) is 5.68. The van der Waals surface area contributed by atoms with Gasteiger partial charge in [0.05, 0.1) is 6.10 Å². The Bertz CT molecular complexity index is 423. The first-order valence-corrected chi connectivity index (χ1v) is 8.23. The molecule has 0 spiro atoms. The number of hydrogen-bond donors (Lipinski definition) is 0. The number of benzene rings is 1. The number of piperazine rings is 1. The molecule has 0 radical (unpaired) electrons. The summed E-state index contributed by atoms with van der Waals surface area (Å²) in [7, 11) is 0. The van der Waals surface area contributed by atoms with Gasteiger partial charge in [0, 0.05) is 39.3 Å². The van der Waals surface area contributed by atoms with Crippen LogP contribution in [0.25, 0.3) is 0 Å². The average Bonchev–Trinajstić information content (AvgIpc) is 2.40. The predicted molar refractivity (Wildman–Crippen MR) is 88.8 cm³/mol. The largest absolute Gasteiger partial charge is 0.491 e. The molecular weight excluding hydrogens is 260 g/mol. The summed E-state index contributed by atoms with van der Waals surface area (Å²) in [6.07, 6.45) is 0.236. The third-order valence-electron chi connectivity index (χ3n) is 3.76. The molecule has 1 aromatic carbocycles. The first kappa shape index (κ1) is 16.3. The predicted octanol–water partition coefficient (Wildman–Crippen LogP) is 3.25. The van der Waals surface area contributed by atoms with Gasteiger partial charge in [-0.2, -0.15) is 0 Å². The van der Waals surface area contributed by atoms with Crippen LogP contribution in [0.3, 0.4) is 0 Å². The highest BCUT2D eigenvalue weighted by Gasteiger charge is 2.17. The van der Waals surface area contributed by atoms with Crippen LogP contribution in [0.5, 0.6) is 5.75 Å². The lowest BCUT2D eigenvalue weighted by molar-refractivity contribution is 0.117. The summed E-state index contributed by atoms with van der Waals surface area (Å²) < 4.78 is 5.78. The number of hydrogen-bond acceptors (Lipinski definition) is 3. The number of rotatable bonds is 6. The van der Waals surface area contributed by atoms with Gasteiger partial charge in [0.15, 0.2) is 0 Å². The third-order valence-corrected chi connectivity index (χ3v) is 3.76. The Morgan fingerprint density at radius 1 is 1.00 bits per heavy atom. The Morgan fingerprint density at radius 2 is 1.67 bits per heavy atom. The van der Waals surface area contributed by atoms with Crippen LogP contribution in [0.4, 0.5) is 0 Å². The highest BCUT2D eigenvalue weighted by atomic mass is 16.5. The van der Waals surface area contributed by atoms with Crippen LogP contribution < -0.4 is 4.74 Å². The van der Waals surface area contributed by atoms with Crippen LogP contribution in [0.1, 0.15) is 33.3 Å². The van der Waals surface area contributed by atoms with Crippen LogP contribution in [-0.4, -0.2) is 48.6 Å². The highest BCUT2D eigenvalue weighted by molar-refractivity contribution is 5.28. The van der Waals surface area contributed by atoms with Crippen molar-refractivity contribution < 1.29 is 4.74 Å². The molecule has 3 heteroatoms. The van der Waals surface area contributed by atoms with Crippen molar-refractivity contribution in [2.45, 2.75) is 40.3 Å². The standard InChI is InChI=1S/C18H30N2O/c1-15(2)13-19-8-10-20(11-9-19)14-17-6-5-7-18(12-17)21-16(3)4/h5-7,12,15-16H,8-11,13-14H2,1-4H3. The second-order valence-electron chi connectivity index (χ2n) is 6.78. The van der Waals surface area contributed by atoms with Crippen molar-refractivity contribution in [2.24, 2.45) is 5.92 Å². The van der Waals surface area contributed by atoms with Gasteiger partial charge in [0.25, 0.3) is 0 Å². The first-order valence-electron chi connectivity index (χ1n) is 8.23. The topological polar surface area (TPSA) is 15.7 Å². The monoisotopic (exact) mass is 290 g/mol. The van der Waals surface area contributed by atoms with E-state index in [2.05, 4.69) is 55.7 Å². The maximum Gasteiger partial charge on any atom is 0.120 e. The van der Waals surface area contributed by atoms with Gasteiger partial charge in [-0.05, 0) is 37.5 Å². The molecule has 0 saturated carbocycles. The maximum absolute atomic E-state index is 5.78. The van der Waals surface area contributed by atoms with Crippen molar-refractivity contribution in [3.8, 4) is 5.75 Å². The van der Waals surface area contributed by atoms with E-state index in [1.165, 1.54) is 38.3 Å². The molecule has 21 heavy (non-hydrogen) atoms. The molecule has 1 fully saturated rings. The van der Waals surface area contributed by atoms with Crippen LogP contribution >= 0.6 is 0 Å². The zero-order valence-electron chi connectivity index (χ0n) is 14.0. The van der Waals surface area contributed by atoms with E-state index in [4.69, 9.17) is 4.74 Å². The molecular formula is C18H30N2O. The van der Waals surface area contributed by atoms with E-state index >= 15 is 0 Å². The summed E-state index contributed by atoms with van der Waals surface area (Å²) in [5, 5.41) is 0. The molecule has 0 N–H and O–H groups in total. The molecule has 1 heterocycles. The lowest BCUT2D eigenvalue weighted by Gasteiger charge is -2.35. The summed E-state index contributed by atoms with van der Waals surface area (Å²) in [4.78, 5) is 5.13. The fourth-order valence-electron chi connectivity index (χ4n) is 2.89. The first-order chi connectivity index (χ1) is 10.0. The van der Waals surface area contributed by atoms with Gasteiger partial charge in [-0.15, -0.1) is 0 Å². The van der Waals surface area contributed by atoms with Crippen molar-refractivity contribution in [1.29, 1.82) is 0 Å². The van der Waals surface area contributed by atoms with Gasteiger partial charge < -0.3 is 9.64 Å². The fraction of sp³-hybridized carbons (Fsp3) is 0.667. The lowest BCUT2D eigenvalue weighted by atomic mass is 10.1. The summed E-state index contributed by atoms with van der Waals surface area (Å²) in [5.41, 5.74) is 1.35. The van der Waals surface area contributed by atoms with Crippen molar-refractivity contribution >= 4 is 0 Å². The second kappa shape index (κ2) is 7.81. The number of nitrogens with zero attached hydrogens (tertiary/aromatic N) is 2. The lowest BCUT2D eigenvalue weighted by Crippen LogP contribution is -2.46. The van der Waals surface area contributed by atoms with Crippen LogP contribution in [0, 0.1) is 5.92 Å². The Balaban J connectivity index is 1.83. The highest BCUT2D eigenvalue weighted by Crippen LogP contribution is 2.17. The van der Waals surface area contributed by atoms with Gasteiger partial charge in [0.2, 0.25) is 0 Å². The van der Waals surface area contributed by atoms with E-state index in [9.17, 15) is 0 Å². The SMILES string of the molecule is CC(C)CN1CCN(Cc2cccc(OC(C)C)c2)CC1. The molecule has 1 aliphatic rings. The summed E-state index contributed by atoms with van der Waals surface area (Å²) >= 11 is 0. The minimum atomic E-state index is 0.236. The molecule has 118 valence electrons. The van der Waals surface area contributed by atoms with Crippen LogP contribution in [0.15, 0.2) is 24.3 Å². The minimum Gasteiger partial charge on any atom is -0.491 e. The zero-order chi connectivity index (χ0) is 15.2. The summed E-state index contributed by atoms with van der Waals surface area (Å²) in [6.45, 7) is 15.7. The Kier molecular flexibility index (Phi) is 6.07. The molecule has 0 aromatic heterocycles. The molecule has 0 atom stereocenters. The van der Waals surface area contributed by atoms with E-state index < -0.39 is 0 Å². The van der Waals surface area contributed by atoms with Crippen molar-refractivity contribution in [3.63, 3.8) is 0 Å². The Hall–Kier alpha value is -1.06. The molecule has 0 bridgehead atoms. The smallest absolute Gasteiger partial charge is 0.120 e.